The maximum Gasteiger partial charge on any atom is 0.250 e. The van der Waals surface area contributed by atoms with Crippen molar-refractivity contribution in [3.8, 4) is 17.0 Å². The molecule has 1 unspecified atom stereocenters. The van der Waals surface area contributed by atoms with Crippen LogP contribution in [0.2, 0.25) is 0 Å². The third-order valence-electron chi connectivity index (χ3n) is 14.5. The minimum Gasteiger partial charge on any atom is -0.492 e. The molecule has 7 aliphatic rings. The normalized spacial score (nSPS) is 22.7. The monoisotopic (exact) mass is 884 g/mol. The van der Waals surface area contributed by atoms with Crippen molar-refractivity contribution in [2.75, 3.05) is 19.7 Å². The number of likely N-dealkylation sites (tertiary alicyclic amines) is 2. The molecule has 3 aromatic carbocycles. The van der Waals surface area contributed by atoms with Gasteiger partial charge in [0.2, 0.25) is 23.6 Å². The predicted octanol–water partition coefficient (Wildman–Crippen LogP) is 7.40. The Kier molecular flexibility index (Phi) is 10.1. The lowest BCUT2D eigenvalue weighted by Crippen LogP contribution is -2.43. The number of nitrogens with one attached hydrogen (secondary N) is 4. The van der Waals surface area contributed by atoms with Crippen LogP contribution in [0.3, 0.4) is 0 Å². The first-order valence-corrected chi connectivity index (χ1v) is 23.6. The molecule has 14 nitrogen and oxygen atoms in total. The number of aromatic nitrogens is 4. The Morgan fingerprint density at radius 3 is 1.82 bits per heavy atom. The molecule has 66 heavy (non-hydrogen) atoms. The molecule has 2 saturated carbocycles. The van der Waals surface area contributed by atoms with E-state index in [2.05, 4.69) is 38.8 Å². The number of ether oxygens (including phenoxy) is 2. The maximum atomic E-state index is 14.3. The van der Waals surface area contributed by atoms with Crippen LogP contribution in [-0.2, 0) is 30.5 Å². The zero-order chi connectivity index (χ0) is 44.5. The second-order valence-corrected chi connectivity index (χ2v) is 19.0. The summed E-state index contributed by atoms with van der Waals surface area (Å²) in [5, 5.41) is 6.13. The molecule has 4 amide bonds. The van der Waals surface area contributed by atoms with Crippen LogP contribution in [0, 0.1) is 17.8 Å². The minimum absolute atomic E-state index is 0.00933. The van der Waals surface area contributed by atoms with Crippen molar-refractivity contribution in [3.05, 3.63) is 137 Å². The Hall–Kier alpha value is -6.96. The zero-order valence-corrected chi connectivity index (χ0v) is 36.6. The molecule has 0 bridgehead atoms. The highest BCUT2D eigenvalue weighted by Gasteiger charge is 2.42. The minimum atomic E-state index is -0.752. The number of hydrogen-bond acceptors (Lipinski definition) is 8. The van der Waals surface area contributed by atoms with E-state index in [0.29, 0.717) is 26.3 Å². The smallest absolute Gasteiger partial charge is 0.250 e. The van der Waals surface area contributed by atoms with Crippen LogP contribution < -0.4 is 15.4 Å². The van der Waals surface area contributed by atoms with Crippen LogP contribution >= 0.6 is 0 Å². The summed E-state index contributed by atoms with van der Waals surface area (Å²) in [7, 11) is 0. The highest BCUT2D eigenvalue weighted by molar-refractivity contribution is 5.92. The van der Waals surface area contributed by atoms with Crippen LogP contribution in [0.25, 0.3) is 22.4 Å². The molecular weight excluding hydrogens is 833 g/mol. The first-order chi connectivity index (χ1) is 32.3. The highest BCUT2D eigenvalue weighted by Crippen LogP contribution is 2.51. The molecule has 6 heterocycles. The lowest BCUT2D eigenvalue weighted by atomic mass is 9.77. The third-order valence-corrected chi connectivity index (χ3v) is 14.5. The number of carbonyl (C=O) groups excluding carboxylic acids is 4. The molecule has 0 spiro atoms. The Labute approximate surface area is 382 Å². The molecule has 4 aliphatic heterocycles. The van der Waals surface area contributed by atoms with E-state index in [1.165, 1.54) is 0 Å². The number of rotatable bonds is 12. The van der Waals surface area contributed by atoms with Crippen LogP contribution in [0.1, 0.15) is 122 Å². The fraction of sp³-hybridized carbons (Fsp3) is 0.385. The van der Waals surface area contributed by atoms with E-state index < -0.39 is 12.1 Å². The van der Waals surface area contributed by atoms with Crippen molar-refractivity contribution >= 4 is 34.8 Å². The van der Waals surface area contributed by atoms with Crippen molar-refractivity contribution in [1.82, 2.24) is 40.4 Å². The third kappa shape index (κ3) is 7.45. The van der Waals surface area contributed by atoms with E-state index in [0.717, 1.165) is 131 Å². The van der Waals surface area contributed by atoms with Gasteiger partial charge in [0.15, 0.2) is 0 Å². The summed E-state index contributed by atoms with van der Waals surface area (Å²) >= 11 is 0. The molecule has 4 N–H and O–H groups in total. The summed E-state index contributed by atoms with van der Waals surface area (Å²) in [5.41, 5.74) is 8.58. The van der Waals surface area contributed by atoms with Crippen LogP contribution in [-0.4, -0.2) is 73.1 Å². The lowest BCUT2D eigenvalue weighted by Gasteiger charge is -2.37. The zero-order valence-electron chi connectivity index (χ0n) is 36.6. The number of benzene rings is 3. The van der Waals surface area contributed by atoms with Crippen molar-refractivity contribution in [1.29, 1.82) is 0 Å². The standard InChI is InChI=1S/C52H52N8O6/c61-49(31-15-16-31)57-45(29-9-3-1-4-10-29)51(63)59-19-7-13-39(59)47-53-25-37(55-47)33-21-35-27-66-42-24-34(22-36-28-65-41(23-33)43(35)44(36)42)38-26-54-48(56-38)40-14-8-20-60(40)52(64)46(30-11-5-2-6-12-30)58-50(62)32-17-18-32/h1-6,9-12,21,23-26,31-32,36,39-40,45-46H,7-8,13-20,22,27-28H2,(H,53,55)(H,54,56)(H,57,61)(H,58,62)/t36?,39-,40-,45+,46+/m0/s1. The lowest BCUT2D eigenvalue weighted by molar-refractivity contribution is -0.138. The van der Waals surface area contributed by atoms with E-state index in [1.807, 2.05) is 82.9 Å². The fourth-order valence-electron chi connectivity index (χ4n) is 10.7. The number of amides is 4. The number of carbonyl (C=O) groups is 4. The Bertz CT molecular complexity index is 2810. The average molecular weight is 885 g/mol. The summed E-state index contributed by atoms with van der Waals surface area (Å²) < 4.78 is 13.1. The van der Waals surface area contributed by atoms with Crippen LogP contribution in [0.4, 0.5) is 0 Å². The number of nitrogens with zero attached hydrogens (tertiary/aromatic N) is 4. The summed E-state index contributed by atoms with van der Waals surface area (Å²) in [6, 6.07) is 21.3. The molecule has 2 saturated heterocycles. The van der Waals surface area contributed by atoms with Gasteiger partial charge in [-0.25, -0.2) is 9.97 Å². The van der Waals surface area contributed by atoms with Gasteiger partial charge in [0.05, 0.1) is 42.5 Å². The molecule has 336 valence electrons. The number of allylic oxidation sites excluding steroid dienone is 2. The first kappa shape index (κ1) is 40.5. The van der Waals surface area contributed by atoms with Gasteiger partial charge in [0.1, 0.15) is 41.8 Å². The molecule has 3 aliphatic carbocycles. The summed E-state index contributed by atoms with van der Waals surface area (Å²) in [6.07, 6.45) is 13.2. The number of imidazole rings is 2. The molecule has 2 aromatic heterocycles. The van der Waals surface area contributed by atoms with Gasteiger partial charge in [0, 0.05) is 53.1 Å². The van der Waals surface area contributed by atoms with E-state index >= 15 is 0 Å². The Morgan fingerprint density at radius 1 is 0.682 bits per heavy atom. The van der Waals surface area contributed by atoms with E-state index in [-0.39, 0.29) is 53.5 Å². The van der Waals surface area contributed by atoms with E-state index in [9.17, 15) is 19.2 Å². The average Bonchev–Trinajstić information content (AvgIpc) is 4.11. The van der Waals surface area contributed by atoms with Gasteiger partial charge in [-0.15, -0.1) is 0 Å². The van der Waals surface area contributed by atoms with Gasteiger partial charge < -0.3 is 39.9 Å². The van der Waals surface area contributed by atoms with E-state index in [4.69, 9.17) is 19.4 Å². The largest absolute Gasteiger partial charge is 0.492 e. The van der Waals surface area contributed by atoms with Gasteiger partial charge in [-0.1, -0.05) is 60.7 Å². The van der Waals surface area contributed by atoms with Crippen molar-refractivity contribution in [2.24, 2.45) is 17.8 Å². The van der Waals surface area contributed by atoms with Gasteiger partial charge >= 0.3 is 0 Å². The number of H-pyrrole nitrogens is 2. The molecule has 14 heteroatoms. The van der Waals surface area contributed by atoms with Gasteiger partial charge in [-0.3, -0.25) is 19.2 Å². The maximum absolute atomic E-state index is 14.3. The molecule has 5 aromatic rings. The molecule has 4 fully saturated rings. The molecular formula is C52H52N8O6. The first-order valence-electron chi connectivity index (χ1n) is 23.6. The second-order valence-electron chi connectivity index (χ2n) is 19.0. The fourth-order valence-corrected chi connectivity index (χ4v) is 10.7. The van der Waals surface area contributed by atoms with Crippen LogP contribution in [0.15, 0.2) is 97.0 Å². The Balaban J connectivity index is 0.769. The summed E-state index contributed by atoms with van der Waals surface area (Å²) in [5.74, 6) is 2.82. The number of aromatic amines is 2. The quantitative estimate of drug-likeness (QED) is 0.100. The summed E-state index contributed by atoms with van der Waals surface area (Å²) in [6.45, 7) is 2.05. The number of hydrogen-bond donors (Lipinski definition) is 4. The summed E-state index contributed by atoms with van der Waals surface area (Å²) in [4.78, 5) is 74.9. The van der Waals surface area contributed by atoms with Crippen molar-refractivity contribution < 1.29 is 28.7 Å². The van der Waals surface area contributed by atoms with Crippen LogP contribution in [0.5, 0.6) is 5.75 Å². The molecule has 12 rings (SSSR count). The second kappa shape index (κ2) is 16.5. The van der Waals surface area contributed by atoms with Crippen molar-refractivity contribution in [3.63, 3.8) is 0 Å². The SMILES string of the molecule is O=C(N[C@@H](C(=O)N1CCC[C@H]1c1ncc(C2=CC3=C4c5c(cc(-c6cnc([C@@H]7CCCN7C(=O)[C@H](NC(=O)C7CC7)c7ccccc7)[nH]6)cc5OCC4C2)CO3)[nH]1)c1ccccc1)C1CC1. The highest BCUT2D eigenvalue weighted by atomic mass is 16.5. The predicted molar refractivity (Wildman–Crippen MR) is 243 cm³/mol. The molecule has 5 atom stereocenters. The van der Waals surface area contributed by atoms with Gasteiger partial charge in [-0.05, 0) is 92.7 Å². The molecule has 0 radical (unpaired) electrons. The van der Waals surface area contributed by atoms with E-state index in [1.54, 1.807) is 0 Å². The van der Waals surface area contributed by atoms with Gasteiger partial charge in [0.25, 0.3) is 0 Å². The Morgan fingerprint density at radius 2 is 1.24 bits per heavy atom. The van der Waals surface area contributed by atoms with Gasteiger partial charge in [-0.2, -0.15) is 0 Å². The van der Waals surface area contributed by atoms with Crippen molar-refractivity contribution in [2.45, 2.75) is 88.6 Å². The topological polar surface area (TPSA) is 175 Å².